The van der Waals surface area contributed by atoms with E-state index in [1.165, 1.54) is 31.5 Å². The third kappa shape index (κ3) is 3.72. The Kier molecular flexibility index (Phi) is 4.92. The molecule has 7 nitrogen and oxygen atoms in total. The van der Waals surface area contributed by atoms with E-state index in [1.54, 1.807) is 30.3 Å². The third-order valence-electron chi connectivity index (χ3n) is 4.79. The van der Waals surface area contributed by atoms with Gasteiger partial charge in [-0.25, -0.2) is 8.42 Å². The number of nitrogens with zero attached hydrogens (tertiary/aromatic N) is 4. The Bertz CT molecular complexity index is 1440. The summed E-state index contributed by atoms with van der Waals surface area (Å²) in [5.41, 5.74) is -1.57. The smallest absolute Gasteiger partial charge is 0.279 e. The monoisotopic (exact) mass is 448 g/mol. The Hall–Kier alpha value is -3.47. The summed E-state index contributed by atoms with van der Waals surface area (Å²) in [4.78, 5) is 12.9. The van der Waals surface area contributed by atoms with Crippen molar-refractivity contribution >= 4 is 15.5 Å². The molecule has 0 bridgehead atoms. The van der Waals surface area contributed by atoms with E-state index in [1.807, 2.05) is 0 Å². The van der Waals surface area contributed by atoms with Crippen LogP contribution < -0.4 is 5.56 Å². The van der Waals surface area contributed by atoms with E-state index in [0.717, 1.165) is 15.0 Å². The zero-order chi connectivity index (χ0) is 22.4. The molecule has 0 spiro atoms. The van der Waals surface area contributed by atoms with Crippen LogP contribution in [0.1, 0.15) is 16.7 Å². The number of aromatic nitrogens is 4. The number of hydrogen-bond acceptors (Lipinski definition) is 5. The molecule has 0 aliphatic heterocycles. The summed E-state index contributed by atoms with van der Waals surface area (Å²) in [7, 11) is -3.93. The molecule has 0 saturated carbocycles. The fourth-order valence-electron chi connectivity index (χ4n) is 3.32. The van der Waals surface area contributed by atoms with Gasteiger partial charge in [0.25, 0.3) is 5.16 Å². The molecule has 4 aromatic rings. The second-order valence-corrected chi connectivity index (χ2v) is 8.72. The van der Waals surface area contributed by atoms with E-state index >= 15 is 0 Å². The number of rotatable bonds is 4. The van der Waals surface area contributed by atoms with Gasteiger partial charge < -0.3 is 0 Å². The molecule has 2 aromatic heterocycles. The molecular weight excluding hydrogens is 433 g/mol. The van der Waals surface area contributed by atoms with Crippen LogP contribution in [0.4, 0.5) is 13.2 Å². The lowest BCUT2D eigenvalue weighted by Gasteiger charge is -2.15. The van der Waals surface area contributed by atoms with Gasteiger partial charge in [-0.2, -0.15) is 13.2 Å². The molecule has 2 heterocycles. The SMILES string of the molecule is Cc1c(-n2ccn3c(S(=O)(=O)Cc4ccccc4)nnc3c2=O)cccc1C(F)(F)F. The third-order valence-corrected chi connectivity index (χ3v) is 6.34. The molecule has 160 valence electrons. The van der Waals surface area contributed by atoms with Crippen molar-refractivity contribution in [3.8, 4) is 5.69 Å². The van der Waals surface area contributed by atoms with Crippen molar-refractivity contribution in [3.63, 3.8) is 0 Å². The first-order valence-corrected chi connectivity index (χ1v) is 10.6. The van der Waals surface area contributed by atoms with Gasteiger partial charge in [-0.3, -0.25) is 13.8 Å². The maximum absolute atomic E-state index is 13.2. The summed E-state index contributed by atoms with van der Waals surface area (Å²) in [6, 6.07) is 11.9. The fourth-order valence-corrected chi connectivity index (χ4v) is 4.69. The highest BCUT2D eigenvalue weighted by Crippen LogP contribution is 2.33. The van der Waals surface area contributed by atoms with E-state index in [9.17, 15) is 26.4 Å². The maximum Gasteiger partial charge on any atom is 0.416 e. The van der Waals surface area contributed by atoms with Crippen LogP contribution in [0.5, 0.6) is 0 Å². The van der Waals surface area contributed by atoms with Crippen molar-refractivity contribution in [2.24, 2.45) is 0 Å². The Morgan fingerprint density at radius 1 is 0.968 bits per heavy atom. The topological polar surface area (TPSA) is 86.3 Å². The molecule has 2 aromatic carbocycles. The van der Waals surface area contributed by atoms with E-state index in [0.29, 0.717) is 5.56 Å². The minimum Gasteiger partial charge on any atom is -0.279 e. The van der Waals surface area contributed by atoms with Gasteiger partial charge in [0.2, 0.25) is 15.5 Å². The maximum atomic E-state index is 13.2. The first-order chi connectivity index (χ1) is 14.6. The van der Waals surface area contributed by atoms with Crippen molar-refractivity contribution in [2.45, 2.75) is 24.0 Å². The Morgan fingerprint density at radius 2 is 1.68 bits per heavy atom. The molecule has 0 fully saturated rings. The molecule has 0 atom stereocenters. The summed E-state index contributed by atoms with van der Waals surface area (Å²) >= 11 is 0. The Morgan fingerprint density at radius 3 is 2.35 bits per heavy atom. The highest BCUT2D eigenvalue weighted by molar-refractivity contribution is 7.90. The standard InChI is InChI=1S/C20H15F3N4O3S/c1-13-15(20(21,22)23)8-5-9-16(13)26-10-11-27-17(18(26)28)24-25-19(27)31(29,30)12-14-6-3-2-4-7-14/h2-11H,12H2,1H3. The molecule has 0 aliphatic rings. The molecule has 0 N–H and O–H groups in total. The lowest BCUT2D eigenvalue weighted by molar-refractivity contribution is -0.138. The van der Waals surface area contributed by atoms with E-state index in [-0.39, 0.29) is 22.7 Å². The van der Waals surface area contributed by atoms with Crippen LogP contribution in [0.25, 0.3) is 11.3 Å². The minimum atomic E-state index is -4.58. The summed E-state index contributed by atoms with van der Waals surface area (Å²) in [5, 5.41) is 6.94. The average molecular weight is 448 g/mol. The van der Waals surface area contributed by atoms with E-state index < -0.39 is 32.3 Å². The summed E-state index contributed by atoms with van der Waals surface area (Å²) in [6.07, 6.45) is -2.14. The number of benzene rings is 2. The van der Waals surface area contributed by atoms with Crippen molar-refractivity contribution in [3.05, 3.63) is 88.0 Å². The summed E-state index contributed by atoms with van der Waals surface area (Å²) in [5.74, 6) is -0.343. The number of sulfone groups is 1. The van der Waals surface area contributed by atoms with Gasteiger partial charge in [0.05, 0.1) is 17.0 Å². The molecule has 11 heteroatoms. The molecule has 0 saturated heterocycles. The van der Waals surface area contributed by atoms with Crippen LogP contribution in [0.15, 0.2) is 70.9 Å². The van der Waals surface area contributed by atoms with E-state index in [2.05, 4.69) is 10.2 Å². The number of alkyl halides is 3. The fraction of sp³-hybridized carbons (Fsp3) is 0.150. The highest BCUT2D eigenvalue weighted by Gasteiger charge is 2.33. The molecule has 4 rings (SSSR count). The predicted octanol–water partition coefficient (Wildman–Crippen LogP) is 3.18. The van der Waals surface area contributed by atoms with Crippen molar-refractivity contribution < 1.29 is 21.6 Å². The number of halogens is 3. The molecule has 0 amide bonds. The van der Waals surface area contributed by atoms with Crippen LogP contribution in [0.3, 0.4) is 0 Å². The summed E-state index contributed by atoms with van der Waals surface area (Å²) < 4.78 is 67.3. The van der Waals surface area contributed by atoms with Gasteiger partial charge in [0, 0.05) is 12.4 Å². The van der Waals surface area contributed by atoms with Crippen LogP contribution in [-0.2, 0) is 21.8 Å². The van der Waals surface area contributed by atoms with Gasteiger partial charge in [-0.05, 0) is 30.2 Å². The number of hydrogen-bond donors (Lipinski definition) is 0. The minimum absolute atomic E-state index is 0.0130. The Labute approximate surface area is 174 Å². The van der Waals surface area contributed by atoms with Gasteiger partial charge in [-0.1, -0.05) is 36.4 Å². The van der Waals surface area contributed by atoms with Crippen LogP contribution in [0, 0.1) is 6.92 Å². The molecule has 0 unspecified atom stereocenters. The lowest BCUT2D eigenvalue weighted by Crippen LogP contribution is -2.22. The largest absolute Gasteiger partial charge is 0.416 e. The molecule has 0 radical (unpaired) electrons. The molecule has 31 heavy (non-hydrogen) atoms. The second kappa shape index (κ2) is 7.34. The number of fused-ring (bicyclic) bond motifs is 1. The van der Waals surface area contributed by atoms with Gasteiger partial charge in [0.15, 0.2) is 0 Å². The normalized spacial score (nSPS) is 12.4. The van der Waals surface area contributed by atoms with Gasteiger partial charge >= 0.3 is 11.7 Å². The van der Waals surface area contributed by atoms with Crippen molar-refractivity contribution in [2.75, 3.05) is 0 Å². The Balaban J connectivity index is 1.83. The summed E-state index contributed by atoms with van der Waals surface area (Å²) in [6.45, 7) is 1.26. The van der Waals surface area contributed by atoms with Crippen molar-refractivity contribution in [1.82, 2.24) is 19.2 Å². The first-order valence-electron chi connectivity index (χ1n) is 9.00. The quantitative estimate of drug-likeness (QED) is 0.479. The predicted molar refractivity (Wildman–Crippen MR) is 106 cm³/mol. The van der Waals surface area contributed by atoms with Crippen LogP contribution in [-0.4, -0.2) is 27.6 Å². The first kappa shape index (κ1) is 20.8. The zero-order valence-corrected chi connectivity index (χ0v) is 16.9. The molecular formula is C20H15F3N4O3S. The average Bonchev–Trinajstić information content (AvgIpc) is 3.14. The van der Waals surface area contributed by atoms with Gasteiger partial charge in [0.1, 0.15) is 0 Å². The van der Waals surface area contributed by atoms with Crippen LogP contribution in [0.2, 0.25) is 0 Å². The van der Waals surface area contributed by atoms with E-state index in [4.69, 9.17) is 0 Å². The second-order valence-electron chi connectivity index (χ2n) is 6.84. The highest BCUT2D eigenvalue weighted by atomic mass is 32.2. The van der Waals surface area contributed by atoms with Crippen molar-refractivity contribution in [1.29, 1.82) is 0 Å². The lowest BCUT2D eigenvalue weighted by atomic mass is 10.1. The zero-order valence-electron chi connectivity index (χ0n) is 16.0. The van der Waals surface area contributed by atoms with Gasteiger partial charge in [-0.15, -0.1) is 10.2 Å². The van der Waals surface area contributed by atoms with Crippen LogP contribution >= 0.6 is 0 Å². The molecule has 0 aliphatic carbocycles.